The van der Waals surface area contributed by atoms with Gasteiger partial charge in [-0.2, -0.15) is 0 Å². The highest BCUT2D eigenvalue weighted by Gasteiger charge is 2.25. The molecular formula is C15H22N2O3. The molecule has 1 unspecified atom stereocenters. The number of carbonyl (C=O) groups excluding carboxylic acids is 1. The minimum absolute atomic E-state index is 0.117. The van der Waals surface area contributed by atoms with E-state index in [2.05, 4.69) is 12.2 Å². The molecule has 1 heterocycles. The predicted octanol–water partition coefficient (Wildman–Crippen LogP) is 2.19. The number of amides is 1. The van der Waals surface area contributed by atoms with Crippen molar-refractivity contribution in [2.24, 2.45) is 0 Å². The fraction of sp³-hybridized carbons (Fsp3) is 0.533. The molecule has 0 aliphatic carbocycles. The number of hydrogen-bond acceptors (Lipinski definition) is 4. The second kappa shape index (κ2) is 7.14. The largest absolute Gasteiger partial charge is 0.497 e. The van der Waals surface area contributed by atoms with E-state index in [0.717, 1.165) is 24.3 Å². The standard InChI is InChI=1S/C15H22N2O3/c1-3-8-16-14(11-17-9-10-20-15(17)18)12-4-6-13(19-2)7-5-12/h4-7,14,16H,3,8-11H2,1-2H3. The van der Waals surface area contributed by atoms with Gasteiger partial charge in [-0.1, -0.05) is 19.1 Å². The summed E-state index contributed by atoms with van der Waals surface area (Å²) in [5, 5.41) is 3.48. The summed E-state index contributed by atoms with van der Waals surface area (Å²) in [5.41, 5.74) is 1.15. The number of cyclic esters (lactones) is 1. The zero-order chi connectivity index (χ0) is 14.4. The third kappa shape index (κ3) is 3.63. The van der Waals surface area contributed by atoms with Crippen molar-refractivity contribution in [1.29, 1.82) is 0 Å². The third-order valence-corrected chi connectivity index (χ3v) is 3.41. The van der Waals surface area contributed by atoms with Gasteiger partial charge in [0.25, 0.3) is 0 Å². The Bertz CT molecular complexity index is 433. The molecule has 1 fully saturated rings. The van der Waals surface area contributed by atoms with Gasteiger partial charge >= 0.3 is 6.09 Å². The van der Waals surface area contributed by atoms with Gasteiger partial charge in [0, 0.05) is 6.54 Å². The lowest BCUT2D eigenvalue weighted by molar-refractivity contribution is 0.155. The summed E-state index contributed by atoms with van der Waals surface area (Å²) in [6.45, 7) is 4.83. The molecule has 1 N–H and O–H groups in total. The van der Waals surface area contributed by atoms with Gasteiger partial charge in [-0.05, 0) is 30.7 Å². The van der Waals surface area contributed by atoms with Gasteiger partial charge in [0.15, 0.2) is 0 Å². The molecule has 0 spiro atoms. The number of carbonyl (C=O) groups is 1. The molecule has 0 radical (unpaired) electrons. The third-order valence-electron chi connectivity index (χ3n) is 3.41. The van der Waals surface area contributed by atoms with Crippen LogP contribution in [-0.2, 0) is 4.74 Å². The quantitative estimate of drug-likeness (QED) is 0.830. The van der Waals surface area contributed by atoms with E-state index in [1.807, 2.05) is 24.3 Å². The molecule has 1 aromatic rings. The van der Waals surface area contributed by atoms with Crippen molar-refractivity contribution in [1.82, 2.24) is 10.2 Å². The first-order valence-corrected chi connectivity index (χ1v) is 7.03. The lowest BCUT2D eigenvalue weighted by Gasteiger charge is -2.23. The van der Waals surface area contributed by atoms with Crippen LogP contribution in [0.25, 0.3) is 0 Å². The maximum absolute atomic E-state index is 11.6. The van der Waals surface area contributed by atoms with Crippen LogP contribution in [0.5, 0.6) is 5.75 Å². The summed E-state index contributed by atoms with van der Waals surface area (Å²) in [6.07, 6.45) is 0.832. The number of ether oxygens (including phenoxy) is 2. The Hall–Kier alpha value is -1.75. The molecular weight excluding hydrogens is 256 g/mol. The normalized spacial score (nSPS) is 16.1. The van der Waals surface area contributed by atoms with Crippen LogP contribution in [0.15, 0.2) is 24.3 Å². The Balaban J connectivity index is 2.06. The zero-order valence-corrected chi connectivity index (χ0v) is 12.1. The van der Waals surface area contributed by atoms with E-state index in [1.54, 1.807) is 12.0 Å². The van der Waals surface area contributed by atoms with Crippen LogP contribution in [0.2, 0.25) is 0 Å². The molecule has 5 nitrogen and oxygen atoms in total. The van der Waals surface area contributed by atoms with Crippen LogP contribution in [0.1, 0.15) is 24.9 Å². The van der Waals surface area contributed by atoms with Crippen LogP contribution in [0.3, 0.4) is 0 Å². The zero-order valence-electron chi connectivity index (χ0n) is 12.1. The fourth-order valence-corrected chi connectivity index (χ4v) is 2.25. The number of nitrogens with zero attached hydrogens (tertiary/aromatic N) is 1. The summed E-state index contributed by atoms with van der Waals surface area (Å²) in [5.74, 6) is 0.837. The van der Waals surface area contributed by atoms with E-state index in [-0.39, 0.29) is 12.1 Å². The van der Waals surface area contributed by atoms with Crippen LogP contribution in [-0.4, -0.2) is 44.3 Å². The molecule has 5 heteroatoms. The minimum atomic E-state index is -0.221. The van der Waals surface area contributed by atoms with Crippen molar-refractivity contribution in [2.45, 2.75) is 19.4 Å². The van der Waals surface area contributed by atoms with Crippen molar-refractivity contribution in [3.8, 4) is 5.75 Å². The number of hydrogen-bond donors (Lipinski definition) is 1. The molecule has 1 aromatic carbocycles. The number of benzene rings is 1. The molecule has 0 bridgehead atoms. The highest BCUT2D eigenvalue weighted by molar-refractivity contribution is 5.69. The van der Waals surface area contributed by atoms with Crippen molar-refractivity contribution < 1.29 is 14.3 Å². The molecule has 1 aliphatic heterocycles. The van der Waals surface area contributed by atoms with Crippen LogP contribution in [0, 0.1) is 0 Å². The SMILES string of the molecule is CCCNC(CN1CCOC1=O)c1ccc(OC)cc1. The Morgan fingerprint density at radius 3 is 2.70 bits per heavy atom. The first kappa shape index (κ1) is 14.7. The average Bonchev–Trinajstić information content (AvgIpc) is 2.89. The second-order valence-corrected chi connectivity index (χ2v) is 4.84. The molecule has 1 atom stereocenters. The van der Waals surface area contributed by atoms with Gasteiger partial charge in [-0.3, -0.25) is 0 Å². The monoisotopic (exact) mass is 278 g/mol. The topological polar surface area (TPSA) is 50.8 Å². The van der Waals surface area contributed by atoms with Crippen molar-refractivity contribution in [3.05, 3.63) is 29.8 Å². The average molecular weight is 278 g/mol. The van der Waals surface area contributed by atoms with Gasteiger partial charge in [-0.15, -0.1) is 0 Å². The lowest BCUT2D eigenvalue weighted by Crippen LogP contribution is -2.36. The summed E-state index contributed by atoms with van der Waals surface area (Å²) < 4.78 is 10.2. The number of methoxy groups -OCH3 is 1. The Labute approximate surface area is 119 Å². The molecule has 0 aromatic heterocycles. The van der Waals surface area contributed by atoms with E-state index < -0.39 is 0 Å². The van der Waals surface area contributed by atoms with Gasteiger partial charge < -0.3 is 19.7 Å². The smallest absolute Gasteiger partial charge is 0.410 e. The minimum Gasteiger partial charge on any atom is -0.497 e. The maximum Gasteiger partial charge on any atom is 0.410 e. The lowest BCUT2D eigenvalue weighted by atomic mass is 10.1. The van der Waals surface area contributed by atoms with Crippen LogP contribution < -0.4 is 10.1 Å². The first-order chi connectivity index (χ1) is 9.74. The summed E-state index contributed by atoms with van der Waals surface area (Å²) in [6, 6.07) is 8.07. The van der Waals surface area contributed by atoms with Crippen LogP contribution >= 0.6 is 0 Å². The van der Waals surface area contributed by atoms with Crippen molar-refractivity contribution in [3.63, 3.8) is 0 Å². The molecule has 20 heavy (non-hydrogen) atoms. The Morgan fingerprint density at radius 2 is 2.15 bits per heavy atom. The van der Waals surface area contributed by atoms with E-state index in [4.69, 9.17) is 9.47 Å². The van der Waals surface area contributed by atoms with Crippen LogP contribution in [0.4, 0.5) is 4.79 Å². The molecule has 2 rings (SSSR count). The second-order valence-electron chi connectivity index (χ2n) is 4.84. The maximum atomic E-state index is 11.6. The van der Waals surface area contributed by atoms with Gasteiger partial charge in [0.2, 0.25) is 0 Å². The summed E-state index contributed by atoms with van der Waals surface area (Å²) in [7, 11) is 1.65. The molecule has 1 saturated heterocycles. The van der Waals surface area contributed by atoms with Crippen molar-refractivity contribution >= 4 is 6.09 Å². The fourth-order valence-electron chi connectivity index (χ4n) is 2.25. The van der Waals surface area contributed by atoms with Gasteiger partial charge in [0.05, 0.1) is 19.7 Å². The summed E-state index contributed by atoms with van der Waals surface area (Å²) in [4.78, 5) is 13.3. The Morgan fingerprint density at radius 1 is 1.40 bits per heavy atom. The first-order valence-electron chi connectivity index (χ1n) is 7.03. The van der Waals surface area contributed by atoms with Gasteiger partial charge in [0.1, 0.15) is 12.4 Å². The van der Waals surface area contributed by atoms with Crippen molar-refractivity contribution in [2.75, 3.05) is 33.4 Å². The van der Waals surface area contributed by atoms with E-state index >= 15 is 0 Å². The molecule has 110 valence electrons. The van der Waals surface area contributed by atoms with E-state index in [1.165, 1.54) is 0 Å². The Kier molecular flexibility index (Phi) is 5.24. The van der Waals surface area contributed by atoms with E-state index in [9.17, 15) is 4.79 Å². The molecule has 1 amide bonds. The van der Waals surface area contributed by atoms with Gasteiger partial charge in [-0.25, -0.2) is 4.79 Å². The highest BCUT2D eigenvalue weighted by Crippen LogP contribution is 2.20. The highest BCUT2D eigenvalue weighted by atomic mass is 16.6. The number of rotatable bonds is 7. The molecule has 0 saturated carbocycles. The summed E-state index contributed by atoms with van der Waals surface area (Å²) >= 11 is 0. The van der Waals surface area contributed by atoms with E-state index in [0.29, 0.717) is 19.7 Å². The number of nitrogens with one attached hydrogen (secondary N) is 1. The predicted molar refractivity (Wildman–Crippen MR) is 76.9 cm³/mol. The molecule has 1 aliphatic rings.